The van der Waals surface area contributed by atoms with Crippen LogP contribution in [0.4, 0.5) is 4.79 Å². The molecule has 27 heavy (non-hydrogen) atoms. The van der Waals surface area contributed by atoms with E-state index in [1.807, 2.05) is 24.3 Å². The lowest BCUT2D eigenvalue weighted by atomic mass is 10.2. The molecule has 2 N–H and O–H groups in total. The van der Waals surface area contributed by atoms with E-state index in [1.165, 1.54) is 0 Å². The number of nitrogens with zero attached hydrogens (tertiary/aromatic N) is 3. The van der Waals surface area contributed by atoms with Gasteiger partial charge in [0.25, 0.3) is 0 Å². The van der Waals surface area contributed by atoms with Gasteiger partial charge in [-0.3, -0.25) is 4.79 Å². The summed E-state index contributed by atoms with van der Waals surface area (Å²) in [5, 5.41) is 0. The molecule has 2 heterocycles. The van der Waals surface area contributed by atoms with Gasteiger partial charge in [0.15, 0.2) is 0 Å². The van der Waals surface area contributed by atoms with Crippen molar-refractivity contribution in [1.29, 1.82) is 0 Å². The first-order valence-electron chi connectivity index (χ1n) is 9.23. The molecule has 3 amide bonds. The quantitative estimate of drug-likeness (QED) is 0.849. The van der Waals surface area contributed by atoms with Crippen LogP contribution in [0.1, 0.15) is 23.4 Å². The second kappa shape index (κ2) is 8.12. The maximum absolute atomic E-state index is 12.6. The van der Waals surface area contributed by atoms with Gasteiger partial charge in [-0.1, -0.05) is 18.2 Å². The molecule has 1 fully saturated rings. The molecule has 0 radical (unpaired) electrons. The van der Waals surface area contributed by atoms with Crippen molar-refractivity contribution >= 4 is 18.0 Å². The maximum Gasteiger partial charge on any atom is 0.314 e. The average Bonchev–Trinajstić information content (AvgIpc) is 2.82. The van der Waals surface area contributed by atoms with Crippen LogP contribution in [0.3, 0.4) is 0 Å². The molecule has 1 aliphatic heterocycles. The van der Waals surface area contributed by atoms with Crippen molar-refractivity contribution in [3.05, 3.63) is 59.4 Å². The number of hydrogen-bond acceptors (Lipinski definition) is 2. The minimum Gasteiger partial charge on any atom is -0.351 e. The Bertz CT molecular complexity index is 855. The summed E-state index contributed by atoms with van der Waals surface area (Å²) in [5.41, 5.74) is 9.69. The van der Waals surface area contributed by atoms with Crippen molar-refractivity contribution in [3.63, 3.8) is 0 Å². The summed E-state index contributed by atoms with van der Waals surface area (Å²) in [6.07, 6.45) is 4.24. The van der Waals surface area contributed by atoms with Crippen molar-refractivity contribution in [1.82, 2.24) is 14.4 Å². The fourth-order valence-electron chi connectivity index (χ4n) is 3.56. The van der Waals surface area contributed by atoms with Crippen LogP contribution < -0.4 is 5.73 Å². The molecular formula is C21H26N4O2. The summed E-state index contributed by atoms with van der Waals surface area (Å²) < 4.78 is 2.18. The van der Waals surface area contributed by atoms with Gasteiger partial charge in [-0.2, -0.15) is 0 Å². The van der Waals surface area contributed by atoms with E-state index in [1.54, 1.807) is 15.9 Å². The van der Waals surface area contributed by atoms with Gasteiger partial charge in [-0.05, 0) is 50.1 Å². The molecule has 6 nitrogen and oxygen atoms in total. The van der Waals surface area contributed by atoms with Crippen molar-refractivity contribution in [2.24, 2.45) is 5.73 Å². The third kappa shape index (κ3) is 4.22. The van der Waals surface area contributed by atoms with E-state index in [2.05, 4.69) is 36.6 Å². The van der Waals surface area contributed by atoms with E-state index in [9.17, 15) is 9.59 Å². The number of carbonyl (C=O) groups excluding carboxylic acids is 2. The predicted octanol–water partition coefficient (Wildman–Crippen LogP) is 2.72. The molecule has 0 unspecified atom stereocenters. The van der Waals surface area contributed by atoms with Crippen molar-refractivity contribution in [3.8, 4) is 5.69 Å². The number of para-hydroxylation sites is 1. The first-order chi connectivity index (χ1) is 13.0. The first-order valence-corrected chi connectivity index (χ1v) is 9.23. The smallest absolute Gasteiger partial charge is 0.314 e. The third-order valence-corrected chi connectivity index (χ3v) is 5.01. The zero-order valence-electron chi connectivity index (χ0n) is 15.9. The van der Waals surface area contributed by atoms with Crippen molar-refractivity contribution in [2.75, 3.05) is 26.2 Å². The summed E-state index contributed by atoms with van der Waals surface area (Å²) in [7, 11) is 0. The summed E-state index contributed by atoms with van der Waals surface area (Å²) in [6, 6.07) is 11.8. The SMILES string of the molecule is Cc1cc(/C=C/C(=O)N2CCCN(C(N)=O)CC2)c(C)n1-c1ccccc1. The van der Waals surface area contributed by atoms with Crippen LogP contribution in [0.2, 0.25) is 0 Å². The van der Waals surface area contributed by atoms with Gasteiger partial charge in [-0.15, -0.1) is 0 Å². The Morgan fingerprint density at radius 3 is 2.37 bits per heavy atom. The van der Waals surface area contributed by atoms with E-state index in [0.29, 0.717) is 26.2 Å². The normalized spacial score (nSPS) is 15.2. The number of rotatable bonds is 3. The van der Waals surface area contributed by atoms with Gasteiger partial charge < -0.3 is 20.1 Å². The molecule has 3 rings (SSSR count). The topological polar surface area (TPSA) is 71.6 Å². The molecule has 0 spiro atoms. The van der Waals surface area contributed by atoms with Gasteiger partial charge in [0.2, 0.25) is 5.91 Å². The lowest BCUT2D eigenvalue weighted by Crippen LogP contribution is -2.39. The molecule has 0 aliphatic carbocycles. The number of carbonyl (C=O) groups is 2. The number of benzene rings is 1. The van der Waals surface area contributed by atoms with E-state index >= 15 is 0 Å². The highest BCUT2D eigenvalue weighted by molar-refractivity contribution is 5.92. The number of urea groups is 1. The van der Waals surface area contributed by atoms with Crippen molar-refractivity contribution < 1.29 is 9.59 Å². The Morgan fingerprint density at radius 1 is 1.00 bits per heavy atom. The molecule has 1 aromatic heterocycles. The Hall–Kier alpha value is -3.02. The minimum atomic E-state index is -0.423. The van der Waals surface area contributed by atoms with Gasteiger partial charge in [-0.25, -0.2) is 4.79 Å². The third-order valence-electron chi connectivity index (χ3n) is 5.01. The standard InChI is InChI=1S/C21H26N4O2/c1-16-15-18(17(2)25(16)19-7-4-3-5-8-19)9-10-20(26)23-11-6-12-24(14-13-23)21(22)27/h3-5,7-10,15H,6,11-14H2,1-2H3,(H2,22,27)/b10-9+. The monoisotopic (exact) mass is 366 g/mol. The largest absolute Gasteiger partial charge is 0.351 e. The number of hydrogen-bond donors (Lipinski definition) is 1. The van der Waals surface area contributed by atoms with Crippen molar-refractivity contribution in [2.45, 2.75) is 20.3 Å². The lowest BCUT2D eigenvalue weighted by Gasteiger charge is -2.19. The first kappa shape index (κ1) is 18.8. The number of aromatic nitrogens is 1. The predicted molar refractivity (Wildman–Crippen MR) is 107 cm³/mol. The van der Waals surface area contributed by atoms with Crippen LogP contribution in [0, 0.1) is 13.8 Å². The summed E-state index contributed by atoms with van der Waals surface area (Å²) >= 11 is 0. The highest BCUT2D eigenvalue weighted by atomic mass is 16.2. The number of nitrogens with two attached hydrogens (primary N) is 1. The minimum absolute atomic E-state index is 0.0363. The molecule has 2 aromatic rings. The summed E-state index contributed by atoms with van der Waals surface area (Å²) in [4.78, 5) is 27.2. The molecule has 0 bridgehead atoms. The van der Waals surface area contributed by atoms with E-state index in [-0.39, 0.29) is 5.91 Å². The van der Waals surface area contributed by atoms with Gasteiger partial charge in [0.05, 0.1) is 0 Å². The van der Waals surface area contributed by atoms with E-state index in [4.69, 9.17) is 5.73 Å². The maximum atomic E-state index is 12.6. The number of primary amides is 1. The second-order valence-corrected chi connectivity index (χ2v) is 6.83. The Balaban J connectivity index is 1.73. The fourth-order valence-corrected chi connectivity index (χ4v) is 3.56. The number of aryl methyl sites for hydroxylation is 1. The van der Waals surface area contributed by atoms with Gasteiger partial charge in [0, 0.05) is 49.3 Å². The Morgan fingerprint density at radius 2 is 1.67 bits per heavy atom. The molecule has 142 valence electrons. The summed E-state index contributed by atoms with van der Waals surface area (Å²) in [6.45, 7) is 6.34. The van der Waals surface area contributed by atoms with Crippen LogP contribution in [-0.2, 0) is 4.79 Å². The fraction of sp³-hybridized carbons (Fsp3) is 0.333. The second-order valence-electron chi connectivity index (χ2n) is 6.83. The average molecular weight is 366 g/mol. The molecule has 0 atom stereocenters. The highest BCUT2D eigenvalue weighted by Crippen LogP contribution is 2.21. The lowest BCUT2D eigenvalue weighted by molar-refractivity contribution is -0.125. The zero-order valence-corrected chi connectivity index (χ0v) is 15.9. The van der Waals surface area contributed by atoms with Gasteiger partial charge >= 0.3 is 6.03 Å². The van der Waals surface area contributed by atoms with E-state index < -0.39 is 6.03 Å². The van der Waals surface area contributed by atoms with Crippen LogP contribution in [-0.4, -0.2) is 52.5 Å². The van der Waals surface area contributed by atoms with Crippen LogP contribution in [0.5, 0.6) is 0 Å². The Kier molecular flexibility index (Phi) is 5.64. The molecule has 1 saturated heterocycles. The molecule has 0 saturated carbocycles. The van der Waals surface area contributed by atoms with Crippen LogP contribution in [0.25, 0.3) is 11.8 Å². The van der Waals surface area contributed by atoms with Crippen LogP contribution in [0.15, 0.2) is 42.5 Å². The molecule has 1 aromatic carbocycles. The number of amides is 3. The Labute approximate surface area is 159 Å². The molecule has 6 heteroatoms. The van der Waals surface area contributed by atoms with Gasteiger partial charge in [0.1, 0.15) is 0 Å². The molecule has 1 aliphatic rings. The zero-order chi connectivity index (χ0) is 19.4. The highest BCUT2D eigenvalue weighted by Gasteiger charge is 2.19. The molecular weight excluding hydrogens is 340 g/mol. The van der Waals surface area contributed by atoms with E-state index in [0.717, 1.165) is 29.1 Å². The van der Waals surface area contributed by atoms with Crippen LogP contribution >= 0.6 is 0 Å². The summed E-state index contributed by atoms with van der Waals surface area (Å²) in [5.74, 6) is -0.0363.